The zero-order chi connectivity index (χ0) is 23.3. The number of carbonyl (C=O) groups excluding carboxylic acids is 1. The van der Waals surface area contributed by atoms with Crippen molar-refractivity contribution in [2.45, 2.75) is 44.9 Å². The van der Waals surface area contributed by atoms with Crippen molar-refractivity contribution in [3.8, 4) is 0 Å². The van der Waals surface area contributed by atoms with Gasteiger partial charge in [0.15, 0.2) is 5.82 Å². The largest absolute Gasteiger partial charge is 0.417 e. The molecule has 1 aliphatic rings. The van der Waals surface area contributed by atoms with Crippen molar-refractivity contribution >= 4 is 17.5 Å². The lowest BCUT2D eigenvalue weighted by Crippen LogP contribution is -2.44. The van der Waals surface area contributed by atoms with Crippen LogP contribution in [0.25, 0.3) is 0 Å². The molecule has 0 saturated carbocycles. The Morgan fingerprint density at radius 3 is 2.31 bits per heavy atom. The Morgan fingerprint density at radius 1 is 1.00 bits per heavy atom. The van der Waals surface area contributed by atoms with Crippen molar-refractivity contribution in [3.05, 3.63) is 81.9 Å². The summed E-state index contributed by atoms with van der Waals surface area (Å²) in [5, 5.41) is 8.17. The molecule has 1 unspecified atom stereocenters. The molecule has 0 fully saturated rings. The minimum absolute atomic E-state index is 0.188. The van der Waals surface area contributed by atoms with Crippen molar-refractivity contribution in [2.75, 3.05) is 6.54 Å². The molecule has 1 amide bonds. The van der Waals surface area contributed by atoms with Crippen LogP contribution < -0.4 is 0 Å². The van der Waals surface area contributed by atoms with Crippen LogP contribution >= 0.6 is 11.6 Å². The molecular formula is C23H22ClF3N4O. The zero-order valence-corrected chi connectivity index (χ0v) is 18.6. The number of benzene rings is 2. The lowest BCUT2D eigenvalue weighted by atomic mass is 9.94. The summed E-state index contributed by atoms with van der Waals surface area (Å²) in [5.41, 5.74) is -0.691. The van der Waals surface area contributed by atoms with Gasteiger partial charge >= 0.3 is 6.18 Å². The van der Waals surface area contributed by atoms with Gasteiger partial charge in [-0.25, -0.2) is 0 Å². The predicted molar refractivity (Wildman–Crippen MR) is 114 cm³/mol. The molecular weight excluding hydrogens is 441 g/mol. The summed E-state index contributed by atoms with van der Waals surface area (Å²) in [7, 11) is 0. The smallest absolute Gasteiger partial charge is 0.322 e. The van der Waals surface area contributed by atoms with Gasteiger partial charge in [-0.3, -0.25) is 4.79 Å². The van der Waals surface area contributed by atoms with Gasteiger partial charge in [0.25, 0.3) is 5.91 Å². The molecule has 4 rings (SSSR count). The van der Waals surface area contributed by atoms with Crippen LogP contribution in [0, 0.1) is 0 Å². The van der Waals surface area contributed by atoms with E-state index in [0.717, 1.165) is 17.5 Å². The highest BCUT2D eigenvalue weighted by Gasteiger charge is 2.40. The quantitative estimate of drug-likeness (QED) is 0.505. The fraction of sp³-hybridized carbons (Fsp3) is 0.348. The van der Waals surface area contributed by atoms with Crippen molar-refractivity contribution in [1.29, 1.82) is 0 Å². The second-order valence-corrected chi connectivity index (χ2v) is 9.14. The molecule has 3 aromatic rings. The molecule has 0 N–H and O–H groups in total. The molecule has 0 bridgehead atoms. The number of rotatable bonds is 2. The van der Waals surface area contributed by atoms with Crippen LogP contribution in [0.3, 0.4) is 0 Å². The molecule has 0 radical (unpaired) electrons. The predicted octanol–water partition coefficient (Wildman–Crippen LogP) is 5.49. The Labute approximate surface area is 188 Å². The summed E-state index contributed by atoms with van der Waals surface area (Å²) >= 11 is 6.06. The number of hydrogen-bond donors (Lipinski definition) is 0. The van der Waals surface area contributed by atoms with Gasteiger partial charge in [-0.1, -0.05) is 68.8 Å². The second-order valence-electron chi connectivity index (χ2n) is 8.76. The van der Waals surface area contributed by atoms with Crippen LogP contribution in [0.4, 0.5) is 13.2 Å². The van der Waals surface area contributed by atoms with Gasteiger partial charge in [0.05, 0.1) is 16.1 Å². The minimum atomic E-state index is -4.66. The third kappa shape index (κ3) is 3.88. The molecule has 9 heteroatoms. The first-order valence-corrected chi connectivity index (χ1v) is 10.5. The molecule has 1 aromatic heterocycles. The molecule has 5 nitrogen and oxygen atoms in total. The monoisotopic (exact) mass is 462 g/mol. The standard InChI is InChI=1S/C23H22ClF3N4O/c1-22(2,3)21-29-28-19-18(14-8-5-4-6-9-14)30(12-13-31(19)21)20(32)15-10-7-11-16(17(15)24)23(25,26)27/h4-11,18H,12-13H2,1-3H3. The van der Waals surface area contributed by atoms with Crippen LogP contribution in [0.5, 0.6) is 0 Å². The normalized spacial score (nSPS) is 16.7. The van der Waals surface area contributed by atoms with E-state index in [2.05, 4.69) is 10.2 Å². The Kier molecular flexibility index (Phi) is 5.53. The third-order valence-corrected chi connectivity index (χ3v) is 5.89. The molecule has 1 atom stereocenters. The molecule has 32 heavy (non-hydrogen) atoms. The summed E-state index contributed by atoms with van der Waals surface area (Å²) < 4.78 is 42.1. The Morgan fingerprint density at radius 2 is 1.69 bits per heavy atom. The van der Waals surface area contributed by atoms with E-state index in [1.54, 1.807) is 0 Å². The summed E-state index contributed by atoms with van der Waals surface area (Å²) in [4.78, 5) is 15.0. The molecule has 2 aromatic carbocycles. The van der Waals surface area contributed by atoms with Crippen LogP contribution in [0.1, 0.15) is 59.9 Å². The van der Waals surface area contributed by atoms with E-state index in [0.29, 0.717) is 12.4 Å². The summed E-state index contributed by atoms with van der Waals surface area (Å²) in [6.07, 6.45) is -4.66. The fourth-order valence-electron chi connectivity index (χ4n) is 4.02. The maximum absolute atomic E-state index is 13.5. The van der Waals surface area contributed by atoms with E-state index in [1.807, 2.05) is 55.7 Å². The maximum Gasteiger partial charge on any atom is 0.417 e. The molecule has 1 aliphatic heterocycles. The van der Waals surface area contributed by atoms with Gasteiger partial charge in [-0.2, -0.15) is 13.2 Å². The fourth-order valence-corrected chi connectivity index (χ4v) is 4.34. The second kappa shape index (κ2) is 7.92. The number of aromatic nitrogens is 3. The number of fused-ring (bicyclic) bond motifs is 1. The minimum Gasteiger partial charge on any atom is -0.322 e. The van der Waals surface area contributed by atoms with Gasteiger partial charge in [-0.15, -0.1) is 10.2 Å². The van der Waals surface area contributed by atoms with Crippen molar-refractivity contribution in [2.24, 2.45) is 0 Å². The topological polar surface area (TPSA) is 51.0 Å². The average molecular weight is 463 g/mol. The van der Waals surface area contributed by atoms with E-state index in [9.17, 15) is 18.0 Å². The molecule has 0 spiro atoms. The van der Waals surface area contributed by atoms with Crippen molar-refractivity contribution in [3.63, 3.8) is 0 Å². The Hall–Kier alpha value is -2.87. The van der Waals surface area contributed by atoms with E-state index in [4.69, 9.17) is 11.6 Å². The molecule has 0 aliphatic carbocycles. The van der Waals surface area contributed by atoms with E-state index >= 15 is 0 Å². The first kappa shape index (κ1) is 22.3. The van der Waals surface area contributed by atoms with Gasteiger partial charge in [0, 0.05) is 18.5 Å². The lowest BCUT2D eigenvalue weighted by Gasteiger charge is -2.37. The number of amides is 1. The molecule has 168 valence electrons. The van der Waals surface area contributed by atoms with Crippen LogP contribution in [0.15, 0.2) is 48.5 Å². The number of alkyl halides is 3. The van der Waals surface area contributed by atoms with Gasteiger partial charge in [0.1, 0.15) is 11.9 Å². The number of carbonyl (C=O) groups is 1. The van der Waals surface area contributed by atoms with Gasteiger partial charge in [0.2, 0.25) is 0 Å². The third-order valence-electron chi connectivity index (χ3n) is 5.48. The van der Waals surface area contributed by atoms with Gasteiger partial charge < -0.3 is 9.47 Å². The first-order chi connectivity index (χ1) is 15.0. The van der Waals surface area contributed by atoms with Crippen molar-refractivity contribution < 1.29 is 18.0 Å². The lowest BCUT2D eigenvalue weighted by molar-refractivity contribution is -0.137. The summed E-state index contributed by atoms with van der Waals surface area (Å²) in [6.45, 7) is 6.80. The summed E-state index contributed by atoms with van der Waals surface area (Å²) in [5.74, 6) is 0.781. The first-order valence-electron chi connectivity index (χ1n) is 10.2. The van der Waals surface area contributed by atoms with Gasteiger partial charge in [-0.05, 0) is 17.7 Å². The zero-order valence-electron chi connectivity index (χ0n) is 17.8. The number of halogens is 4. The highest BCUT2D eigenvalue weighted by molar-refractivity contribution is 6.34. The van der Waals surface area contributed by atoms with E-state index in [1.165, 1.54) is 17.0 Å². The van der Waals surface area contributed by atoms with Crippen LogP contribution in [-0.4, -0.2) is 32.1 Å². The SMILES string of the molecule is CC(C)(C)c1nnc2n1CCN(C(=O)c1cccc(C(F)(F)F)c1Cl)C2c1ccccc1. The number of nitrogens with zero attached hydrogens (tertiary/aromatic N) is 4. The maximum atomic E-state index is 13.5. The molecule has 2 heterocycles. The average Bonchev–Trinajstić information content (AvgIpc) is 3.17. The van der Waals surface area contributed by atoms with E-state index < -0.39 is 28.7 Å². The van der Waals surface area contributed by atoms with Crippen LogP contribution in [0.2, 0.25) is 5.02 Å². The van der Waals surface area contributed by atoms with E-state index in [-0.39, 0.29) is 17.5 Å². The van der Waals surface area contributed by atoms with Crippen molar-refractivity contribution in [1.82, 2.24) is 19.7 Å². The highest BCUT2D eigenvalue weighted by Crippen LogP contribution is 2.39. The molecule has 0 saturated heterocycles. The van der Waals surface area contributed by atoms with Crippen LogP contribution in [-0.2, 0) is 18.1 Å². The Balaban J connectivity index is 1.83. The Bertz CT molecular complexity index is 1150. The number of hydrogen-bond acceptors (Lipinski definition) is 3. The summed E-state index contributed by atoms with van der Waals surface area (Å²) in [6, 6.07) is 12.0. The highest BCUT2D eigenvalue weighted by atomic mass is 35.5.